The van der Waals surface area contributed by atoms with Crippen LogP contribution in [0.2, 0.25) is 0 Å². The van der Waals surface area contributed by atoms with Crippen molar-refractivity contribution in [3.05, 3.63) is 0 Å². The Morgan fingerprint density at radius 2 is 2.05 bits per heavy atom. The van der Waals surface area contributed by atoms with Crippen LogP contribution in [0.15, 0.2) is 0 Å². The van der Waals surface area contributed by atoms with Gasteiger partial charge in [0.2, 0.25) is 11.8 Å². The molecule has 2 amide bonds. The van der Waals surface area contributed by atoms with Gasteiger partial charge in [-0.1, -0.05) is 6.92 Å². The number of aliphatic carboxylic acids is 1. The van der Waals surface area contributed by atoms with Crippen molar-refractivity contribution in [2.45, 2.75) is 51.5 Å². The highest BCUT2D eigenvalue weighted by Gasteiger charge is 2.33. The standard InChI is InChI=1S/C13H22N2O4/c1-2-8-14-11(16)6-3-7-12(17)15-9-4-5-10(15)13(18)19/h10H,2-9H2,1H3,(H,14,16)(H,18,19)/t10-/m0/s1. The zero-order valence-corrected chi connectivity index (χ0v) is 11.4. The Kier molecular flexibility index (Phi) is 6.32. The molecule has 108 valence electrons. The first-order chi connectivity index (χ1) is 9.06. The second-order valence-corrected chi connectivity index (χ2v) is 4.79. The number of carbonyl (C=O) groups excluding carboxylic acids is 2. The molecule has 19 heavy (non-hydrogen) atoms. The molecule has 1 rings (SSSR count). The van der Waals surface area contributed by atoms with E-state index in [2.05, 4.69) is 5.32 Å². The minimum absolute atomic E-state index is 0.0501. The van der Waals surface area contributed by atoms with Gasteiger partial charge in [0.25, 0.3) is 0 Å². The van der Waals surface area contributed by atoms with Crippen molar-refractivity contribution in [3.8, 4) is 0 Å². The zero-order chi connectivity index (χ0) is 14.3. The van der Waals surface area contributed by atoms with Gasteiger partial charge in [0.05, 0.1) is 0 Å². The van der Waals surface area contributed by atoms with Crippen LogP contribution in [0.1, 0.15) is 45.4 Å². The number of amides is 2. The molecule has 1 saturated heterocycles. The van der Waals surface area contributed by atoms with Crippen LogP contribution in [-0.4, -0.2) is 46.9 Å². The third-order valence-electron chi connectivity index (χ3n) is 3.22. The first kappa shape index (κ1) is 15.5. The molecule has 0 aromatic carbocycles. The van der Waals surface area contributed by atoms with Gasteiger partial charge in [0.1, 0.15) is 6.04 Å². The van der Waals surface area contributed by atoms with Crippen LogP contribution in [0.4, 0.5) is 0 Å². The van der Waals surface area contributed by atoms with Crippen LogP contribution in [0, 0.1) is 0 Å². The molecule has 0 aromatic rings. The number of carbonyl (C=O) groups is 3. The second kappa shape index (κ2) is 7.76. The molecule has 0 saturated carbocycles. The zero-order valence-electron chi connectivity index (χ0n) is 11.4. The minimum Gasteiger partial charge on any atom is -0.480 e. The maximum atomic E-state index is 11.9. The van der Waals surface area contributed by atoms with E-state index >= 15 is 0 Å². The molecule has 2 N–H and O–H groups in total. The molecule has 1 fully saturated rings. The molecule has 0 bridgehead atoms. The fraction of sp³-hybridized carbons (Fsp3) is 0.769. The smallest absolute Gasteiger partial charge is 0.326 e. The molecule has 0 unspecified atom stereocenters. The van der Waals surface area contributed by atoms with E-state index in [0.717, 1.165) is 12.8 Å². The van der Waals surface area contributed by atoms with Crippen LogP contribution < -0.4 is 5.32 Å². The normalized spacial score (nSPS) is 18.4. The van der Waals surface area contributed by atoms with E-state index in [9.17, 15) is 14.4 Å². The van der Waals surface area contributed by atoms with E-state index in [1.165, 1.54) is 4.90 Å². The average Bonchev–Trinajstić information content (AvgIpc) is 2.85. The van der Waals surface area contributed by atoms with Gasteiger partial charge >= 0.3 is 5.97 Å². The molecular formula is C13H22N2O4. The first-order valence-electron chi connectivity index (χ1n) is 6.85. The van der Waals surface area contributed by atoms with Crippen LogP contribution in [0.25, 0.3) is 0 Å². The van der Waals surface area contributed by atoms with Gasteiger partial charge in [-0.3, -0.25) is 9.59 Å². The van der Waals surface area contributed by atoms with Crippen molar-refractivity contribution in [1.82, 2.24) is 10.2 Å². The van der Waals surface area contributed by atoms with Crippen LogP contribution in [0.3, 0.4) is 0 Å². The summed E-state index contributed by atoms with van der Waals surface area (Å²) in [5, 5.41) is 11.7. The number of nitrogens with zero attached hydrogens (tertiary/aromatic N) is 1. The summed E-state index contributed by atoms with van der Waals surface area (Å²) >= 11 is 0. The van der Waals surface area contributed by atoms with Crippen LogP contribution in [-0.2, 0) is 14.4 Å². The van der Waals surface area contributed by atoms with Gasteiger partial charge in [-0.15, -0.1) is 0 Å². The summed E-state index contributed by atoms with van der Waals surface area (Å²) in [5.41, 5.74) is 0. The molecule has 1 aliphatic heterocycles. The molecule has 1 atom stereocenters. The van der Waals surface area contributed by atoms with Crippen LogP contribution in [0.5, 0.6) is 0 Å². The average molecular weight is 270 g/mol. The monoisotopic (exact) mass is 270 g/mol. The lowest BCUT2D eigenvalue weighted by molar-refractivity contribution is -0.148. The van der Waals surface area contributed by atoms with Crippen LogP contribution >= 0.6 is 0 Å². The minimum atomic E-state index is -0.938. The summed E-state index contributed by atoms with van der Waals surface area (Å²) in [6, 6.07) is -0.679. The number of carboxylic acid groups (broad SMARTS) is 1. The molecule has 0 aliphatic carbocycles. The predicted octanol–water partition coefficient (Wildman–Crippen LogP) is 0.758. The fourth-order valence-electron chi connectivity index (χ4n) is 2.22. The van der Waals surface area contributed by atoms with E-state index in [1.54, 1.807) is 0 Å². The Labute approximate surface area is 113 Å². The lowest BCUT2D eigenvalue weighted by atomic mass is 10.2. The Hall–Kier alpha value is -1.59. The Morgan fingerprint density at radius 1 is 1.32 bits per heavy atom. The number of nitrogens with one attached hydrogen (secondary N) is 1. The molecule has 0 aromatic heterocycles. The molecule has 6 heteroatoms. The molecule has 1 aliphatic rings. The van der Waals surface area contributed by atoms with E-state index in [-0.39, 0.29) is 18.2 Å². The topological polar surface area (TPSA) is 86.7 Å². The molecular weight excluding hydrogens is 248 g/mol. The van der Waals surface area contributed by atoms with Gasteiger partial charge in [0, 0.05) is 25.9 Å². The van der Waals surface area contributed by atoms with Gasteiger partial charge in [0.15, 0.2) is 0 Å². The number of carboxylic acids is 1. The first-order valence-corrected chi connectivity index (χ1v) is 6.85. The lowest BCUT2D eigenvalue weighted by Gasteiger charge is -2.21. The number of hydrogen-bond acceptors (Lipinski definition) is 3. The maximum absolute atomic E-state index is 11.9. The van der Waals surface area contributed by atoms with Gasteiger partial charge in [-0.2, -0.15) is 0 Å². The summed E-state index contributed by atoms with van der Waals surface area (Å²) < 4.78 is 0. The number of hydrogen-bond donors (Lipinski definition) is 2. The van der Waals surface area contributed by atoms with Crippen molar-refractivity contribution < 1.29 is 19.5 Å². The number of likely N-dealkylation sites (tertiary alicyclic amines) is 1. The highest BCUT2D eigenvalue weighted by atomic mass is 16.4. The van der Waals surface area contributed by atoms with E-state index in [0.29, 0.717) is 32.4 Å². The van der Waals surface area contributed by atoms with Gasteiger partial charge in [-0.25, -0.2) is 4.79 Å². The van der Waals surface area contributed by atoms with E-state index < -0.39 is 12.0 Å². The van der Waals surface area contributed by atoms with E-state index in [1.807, 2.05) is 6.92 Å². The summed E-state index contributed by atoms with van der Waals surface area (Å²) in [6.07, 6.45) is 3.17. The SMILES string of the molecule is CCCNC(=O)CCCC(=O)N1CCC[C@H]1C(=O)O. The van der Waals surface area contributed by atoms with Crippen molar-refractivity contribution in [2.24, 2.45) is 0 Å². The second-order valence-electron chi connectivity index (χ2n) is 4.79. The highest BCUT2D eigenvalue weighted by Crippen LogP contribution is 2.19. The quantitative estimate of drug-likeness (QED) is 0.715. The fourth-order valence-corrected chi connectivity index (χ4v) is 2.22. The van der Waals surface area contributed by atoms with Crippen molar-refractivity contribution >= 4 is 17.8 Å². The Balaban J connectivity index is 2.27. The molecule has 1 heterocycles. The Bertz CT molecular complexity index is 344. The van der Waals surface area contributed by atoms with Crippen molar-refractivity contribution in [1.29, 1.82) is 0 Å². The third-order valence-corrected chi connectivity index (χ3v) is 3.22. The van der Waals surface area contributed by atoms with Gasteiger partial charge in [-0.05, 0) is 25.7 Å². The summed E-state index contributed by atoms with van der Waals surface area (Å²) in [4.78, 5) is 35.6. The largest absolute Gasteiger partial charge is 0.480 e. The van der Waals surface area contributed by atoms with Crippen molar-refractivity contribution in [2.75, 3.05) is 13.1 Å². The van der Waals surface area contributed by atoms with Gasteiger partial charge < -0.3 is 15.3 Å². The maximum Gasteiger partial charge on any atom is 0.326 e. The third kappa shape index (κ3) is 4.89. The lowest BCUT2D eigenvalue weighted by Crippen LogP contribution is -2.40. The highest BCUT2D eigenvalue weighted by molar-refractivity contribution is 5.84. The van der Waals surface area contributed by atoms with Crippen molar-refractivity contribution in [3.63, 3.8) is 0 Å². The number of rotatable bonds is 7. The molecule has 6 nitrogen and oxygen atoms in total. The molecule has 0 spiro atoms. The Morgan fingerprint density at radius 3 is 2.68 bits per heavy atom. The summed E-state index contributed by atoms with van der Waals surface area (Å²) in [7, 11) is 0. The predicted molar refractivity (Wildman–Crippen MR) is 69.5 cm³/mol. The summed E-state index contributed by atoms with van der Waals surface area (Å²) in [6.45, 7) is 3.14. The summed E-state index contributed by atoms with van der Waals surface area (Å²) in [5.74, 6) is -1.15. The molecule has 0 radical (unpaired) electrons. The van der Waals surface area contributed by atoms with E-state index in [4.69, 9.17) is 5.11 Å².